The molecule has 2 aromatic heterocycles. The fraction of sp³-hybridized carbons (Fsp3) is 0.261. The predicted octanol–water partition coefficient (Wildman–Crippen LogP) is 3.41. The summed E-state index contributed by atoms with van der Waals surface area (Å²) in [5.41, 5.74) is 3.41. The number of aryl methyl sites for hydroxylation is 1. The Hall–Kier alpha value is -3.45. The lowest BCUT2D eigenvalue weighted by Crippen LogP contribution is -2.37. The third-order valence-electron chi connectivity index (χ3n) is 5.58. The maximum atomic E-state index is 11.8. The quantitative estimate of drug-likeness (QED) is 0.489. The van der Waals surface area contributed by atoms with Crippen LogP contribution in [-0.2, 0) is 16.5 Å². The van der Waals surface area contributed by atoms with Gasteiger partial charge in [-0.2, -0.15) is 0 Å². The molecule has 0 saturated carbocycles. The first-order valence-corrected chi connectivity index (χ1v) is 9.93. The molecule has 1 aliphatic rings. The molecule has 2 aromatic carbocycles. The van der Waals surface area contributed by atoms with E-state index in [1.807, 2.05) is 25.4 Å². The van der Waals surface area contributed by atoms with E-state index in [1.165, 1.54) is 7.11 Å². The summed E-state index contributed by atoms with van der Waals surface area (Å²) in [6, 6.07) is 13.5. The number of hydrogen-bond donors (Lipinski definition) is 0. The fourth-order valence-corrected chi connectivity index (χ4v) is 3.95. The number of methoxy groups -OCH3 is 1. The third kappa shape index (κ3) is 3.07. The van der Waals surface area contributed by atoms with Gasteiger partial charge < -0.3 is 18.9 Å². The number of rotatable bonds is 3. The van der Waals surface area contributed by atoms with Crippen LogP contribution in [0.4, 0.5) is 5.82 Å². The van der Waals surface area contributed by atoms with Gasteiger partial charge in [0.1, 0.15) is 5.82 Å². The van der Waals surface area contributed by atoms with Gasteiger partial charge in [-0.15, -0.1) is 0 Å². The molecule has 0 N–H and O–H groups in total. The summed E-state index contributed by atoms with van der Waals surface area (Å²) in [7, 11) is 3.41. The number of fused-ring (bicyclic) bond motifs is 3. The molecule has 0 bridgehead atoms. The highest BCUT2D eigenvalue weighted by Crippen LogP contribution is 2.33. The Kier molecular flexibility index (Phi) is 4.59. The van der Waals surface area contributed by atoms with E-state index in [4.69, 9.17) is 19.4 Å². The molecule has 0 amide bonds. The zero-order valence-electron chi connectivity index (χ0n) is 17.0. The van der Waals surface area contributed by atoms with Crippen LogP contribution < -0.4 is 4.90 Å². The number of carbonyl (C=O) groups excluding carboxylic acids is 1. The molecule has 4 aromatic rings. The molecule has 30 heavy (non-hydrogen) atoms. The highest BCUT2D eigenvalue weighted by atomic mass is 16.5. The van der Waals surface area contributed by atoms with E-state index in [2.05, 4.69) is 27.7 Å². The fourth-order valence-electron chi connectivity index (χ4n) is 3.95. The number of morpholine rings is 1. The molecule has 0 atom stereocenters. The highest BCUT2D eigenvalue weighted by Gasteiger charge is 2.20. The molecule has 0 unspecified atom stereocenters. The van der Waals surface area contributed by atoms with E-state index >= 15 is 0 Å². The molecule has 152 valence electrons. The number of carbonyl (C=O) groups is 1. The lowest BCUT2D eigenvalue weighted by Gasteiger charge is -2.29. The van der Waals surface area contributed by atoms with Crippen molar-refractivity contribution >= 4 is 33.6 Å². The van der Waals surface area contributed by atoms with Gasteiger partial charge in [0.05, 0.1) is 31.4 Å². The average molecular weight is 402 g/mol. The zero-order valence-corrected chi connectivity index (χ0v) is 17.0. The molecule has 7 nitrogen and oxygen atoms in total. The highest BCUT2D eigenvalue weighted by molar-refractivity contribution is 6.08. The van der Waals surface area contributed by atoms with Crippen LogP contribution in [-0.4, -0.2) is 53.9 Å². The Balaban J connectivity index is 1.71. The van der Waals surface area contributed by atoms with Gasteiger partial charge in [0.15, 0.2) is 5.82 Å². The van der Waals surface area contributed by atoms with Gasteiger partial charge in [0, 0.05) is 48.2 Å². The first kappa shape index (κ1) is 18.6. The molecule has 0 aliphatic carbocycles. The van der Waals surface area contributed by atoms with E-state index in [0.29, 0.717) is 24.6 Å². The SMILES string of the molecule is COC(=O)c1ccc(-c2nc(N3CCOCC3)c3ccc4c(ccn4C)c3n2)cc1. The minimum absolute atomic E-state index is 0.360. The van der Waals surface area contributed by atoms with Gasteiger partial charge in [-0.3, -0.25) is 0 Å². The number of benzene rings is 2. The summed E-state index contributed by atoms with van der Waals surface area (Å²) in [4.78, 5) is 23.9. The summed E-state index contributed by atoms with van der Waals surface area (Å²) in [6.07, 6.45) is 2.05. The van der Waals surface area contributed by atoms with Crippen LogP contribution in [0, 0.1) is 0 Å². The van der Waals surface area contributed by atoms with Crippen LogP contribution in [0.2, 0.25) is 0 Å². The largest absolute Gasteiger partial charge is 0.465 e. The summed E-state index contributed by atoms with van der Waals surface area (Å²) in [6.45, 7) is 2.95. The molecular weight excluding hydrogens is 380 g/mol. The molecule has 1 saturated heterocycles. The van der Waals surface area contributed by atoms with Crippen LogP contribution in [0.25, 0.3) is 33.2 Å². The van der Waals surface area contributed by atoms with Gasteiger partial charge in [-0.1, -0.05) is 12.1 Å². The van der Waals surface area contributed by atoms with Crippen molar-refractivity contribution in [1.29, 1.82) is 0 Å². The molecule has 1 fully saturated rings. The number of anilines is 1. The van der Waals surface area contributed by atoms with Crippen molar-refractivity contribution in [3.05, 3.63) is 54.2 Å². The van der Waals surface area contributed by atoms with Crippen molar-refractivity contribution < 1.29 is 14.3 Å². The van der Waals surface area contributed by atoms with Crippen molar-refractivity contribution in [3.8, 4) is 11.4 Å². The second-order valence-electron chi connectivity index (χ2n) is 7.36. The molecular formula is C23H22N4O3. The monoisotopic (exact) mass is 402 g/mol. The van der Waals surface area contributed by atoms with Crippen molar-refractivity contribution in [2.24, 2.45) is 7.05 Å². The van der Waals surface area contributed by atoms with Crippen LogP contribution in [0.3, 0.4) is 0 Å². The summed E-state index contributed by atoms with van der Waals surface area (Å²) in [5, 5.41) is 2.13. The predicted molar refractivity (Wildman–Crippen MR) is 116 cm³/mol. The average Bonchev–Trinajstić information content (AvgIpc) is 3.19. The topological polar surface area (TPSA) is 69.5 Å². The van der Waals surface area contributed by atoms with Crippen molar-refractivity contribution in [1.82, 2.24) is 14.5 Å². The summed E-state index contributed by atoms with van der Waals surface area (Å²) < 4.78 is 12.4. The van der Waals surface area contributed by atoms with Crippen LogP contribution in [0.15, 0.2) is 48.7 Å². The number of nitrogens with zero attached hydrogens (tertiary/aromatic N) is 4. The Morgan fingerprint density at radius 1 is 1.00 bits per heavy atom. The van der Waals surface area contributed by atoms with E-state index in [0.717, 1.165) is 46.3 Å². The summed E-state index contributed by atoms with van der Waals surface area (Å²) >= 11 is 0. The standard InChI is InChI=1S/C23H22N4O3/c1-26-10-9-17-19(26)8-7-18-20(17)24-21(25-22(18)27-11-13-30-14-12-27)15-3-5-16(6-4-15)23(28)29-2/h3-10H,11-14H2,1-2H3. The van der Waals surface area contributed by atoms with E-state index in [-0.39, 0.29) is 5.97 Å². The van der Waals surface area contributed by atoms with Crippen LogP contribution in [0.1, 0.15) is 10.4 Å². The number of hydrogen-bond acceptors (Lipinski definition) is 6. The van der Waals surface area contributed by atoms with Gasteiger partial charge in [-0.05, 0) is 30.3 Å². The Morgan fingerprint density at radius 3 is 2.50 bits per heavy atom. The summed E-state index contributed by atoms with van der Waals surface area (Å²) in [5.74, 6) is 1.19. The molecule has 0 spiro atoms. The lowest BCUT2D eigenvalue weighted by molar-refractivity contribution is 0.0600. The van der Waals surface area contributed by atoms with E-state index in [1.54, 1.807) is 12.1 Å². The maximum Gasteiger partial charge on any atom is 0.337 e. The van der Waals surface area contributed by atoms with Gasteiger partial charge >= 0.3 is 5.97 Å². The Morgan fingerprint density at radius 2 is 1.77 bits per heavy atom. The van der Waals surface area contributed by atoms with Crippen molar-refractivity contribution in [2.45, 2.75) is 0 Å². The van der Waals surface area contributed by atoms with Crippen LogP contribution in [0.5, 0.6) is 0 Å². The Bertz CT molecular complexity index is 1240. The molecule has 5 rings (SSSR count). The van der Waals surface area contributed by atoms with Crippen molar-refractivity contribution in [2.75, 3.05) is 38.3 Å². The van der Waals surface area contributed by atoms with Gasteiger partial charge in [0.25, 0.3) is 0 Å². The number of esters is 1. The lowest BCUT2D eigenvalue weighted by atomic mass is 10.1. The second kappa shape index (κ2) is 7.42. The van der Waals surface area contributed by atoms with E-state index in [9.17, 15) is 4.79 Å². The van der Waals surface area contributed by atoms with Crippen LogP contribution >= 0.6 is 0 Å². The third-order valence-corrected chi connectivity index (χ3v) is 5.58. The Labute approximate surface area is 173 Å². The first-order chi connectivity index (χ1) is 14.7. The molecule has 0 radical (unpaired) electrons. The minimum atomic E-state index is -0.360. The number of ether oxygens (including phenoxy) is 2. The van der Waals surface area contributed by atoms with Gasteiger partial charge in [-0.25, -0.2) is 14.8 Å². The van der Waals surface area contributed by atoms with E-state index < -0.39 is 0 Å². The zero-order chi connectivity index (χ0) is 20.7. The number of aromatic nitrogens is 3. The molecule has 7 heteroatoms. The van der Waals surface area contributed by atoms with Gasteiger partial charge in [0.2, 0.25) is 0 Å². The first-order valence-electron chi connectivity index (χ1n) is 9.93. The molecule has 1 aliphatic heterocycles. The second-order valence-corrected chi connectivity index (χ2v) is 7.36. The maximum absolute atomic E-state index is 11.8. The molecule has 3 heterocycles. The smallest absolute Gasteiger partial charge is 0.337 e. The van der Waals surface area contributed by atoms with Crippen molar-refractivity contribution in [3.63, 3.8) is 0 Å². The minimum Gasteiger partial charge on any atom is -0.465 e. The normalized spacial score (nSPS) is 14.4.